The maximum absolute atomic E-state index is 13.3. The van der Waals surface area contributed by atoms with Crippen molar-refractivity contribution in [2.75, 3.05) is 0 Å². The molecule has 0 saturated carbocycles. The molecule has 29 heavy (non-hydrogen) atoms. The minimum absolute atomic E-state index is 0.0383. The summed E-state index contributed by atoms with van der Waals surface area (Å²) in [7, 11) is 0. The zero-order chi connectivity index (χ0) is 20.1. The highest BCUT2D eigenvalue weighted by Gasteiger charge is 2.43. The first-order chi connectivity index (χ1) is 14.0. The molecule has 2 aromatic carbocycles. The van der Waals surface area contributed by atoms with Crippen LogP contribution in [0.4, 0.5) is 0 Å². The van der Waals surface area contributed by atoms with E-state index in [0.717, 1.165) is 0 Å². The van der Waals surface area contributed by atoms with Gasteiger partial charge in [-0.1, -0.05) is 41.4 Å². The van der Waals surface area contributed by atoms with Crippen LogP contribution in [0.1, 0.15) is 33.5 Å². The Bertz CT molecular complexity index is 1310. The van der Waals surface area contributed by atoms with Gasteiger partial charge in [-0.05, 0) is 42.0 Å². The smallest absolute Gasteiger partial charge is 0.291 e. The first kappa shape index (κ1) is 18.0. The minimum Gasteiger partial charge on any atom is -0.467 e. The maximum atomic E-state index is 13.3. The van der Waals surface area contributed by atoms with Crippen molar-refractivity contribution in [3.63, 3.8) is 0 Å². The van der Waals surface area contributed by atoms with Crippen molar-refractivity contribution in [1.82, 2.24) is 4.90 Å². The molecule has 1 amide bonds. The van der Waals surface area contributed by atoms with Crippen LogP contribution < -0.4 is 5.43 Å². The number of fused-ring (bicyclic) bond motifs is 2. The summed E-state index contributed by atoms with van der Waals surface area (Å²) < 4.78 is 11.3. The zero-order valence-electron chi connectivity index (χ0n) is 14.9. The maximum Gasteiger partial charge on any atom is 0.291 e. The summed E-state index contributed by atoms with van der Waals surface area (Å²) >= 11 is 12.3. The van der Waals surface area contributed by atoms with Crippen LogP contribution in [0.3, 0.4) is 0 Å². The van der Waals surface area contributed by atoms with Gasteiger partial charge in [-0.15, -0.1) is 0 Å². The summed E-state index contributed by atoms with van der Waals surface area (Å²) in [5, 5.41) is 1.15. The van der Waals surface area contributed by atoms with Crippen molar-refractivity contribution < 1.29 is 13.6 Å². The van der Waals surface area contributed by atoms with E-state index in [2.05, 4.69) is 0 Å². The summed E-state index contributed by atoms with van der Waals surface area (Å²) in [5.41, 5.74) is 1.09. The number of benzene rings is 2. The molecule has 1 aliphatic heterocycles. The van der Waals surface area contributed by atoms with Gasteiger partial charge in [0, 0.05) is 0 Å². The second-order valence-corrected chi connectivity index (χ2v) is 7.57. The predicted molar refractivity (Wildman–Crippen MR) is 109 cm³/mol. The van der Waals surface area contributed by atoms with Crippen LogP contribution in [0.25, 0.3) is 11.0 Å². The van der Waals surface area contributed by atoms with Crippen molar-refractivity contribution in [1.29, 1.82) is 0 Å². The third kappa shape index (κ3) is 2.85. The Morgan fingerprint density at radius 3 is 2.55 bits per heavy atom. The zero-order valence-corrected chi connectivity index (χ0v) is 16.4. The van der Waals surface area contributed by atoms with E-state index < -0.39 is 6.04 Å². The lowest BCUT2D eigenvalue weighted by atomic mass is 9.98. The fourth-order valence-corrected chi connectivity index (χ4v) is 4.04. The number of nitrogens with zero attached hydrogens (tertiary/aromatic N) is 1. The Balaban J connectivity index is 1.76. The van der Waals surface area contributed by atoms with Gasteiger partial charge in [0.15, 0.2) is 5.43 Å². The molecular formula is C22H13Cl2NO4. The Labute approximate surface area is 175 Å². The molecule has 0 N–H and O–H groups in total. The van der Waals surface area contributed by atoms with E-state index in [0.29, 0.717) is 37.9 Å². The average Bonchev–Trinajstić information content (AvgIpc) is 3.32. The Hall–Kier alpha value is -3.02. The molecule has 4 aromatic rings. The number of carbonyl (C=O) groups is 1. The average molecular weight is 426 g/mol. The second kappa shape index (κ2) is 6.79. The fraction of sp³-hybridized carbons (Fsp3) is 0.0909. The van der Waals surface area contributed by atoms with Gasteiger partial charge in [0.25, 0.3) is 5.91 Å². The molecule has 0 saturated heterocycles. The highest BCUT2D eigenvalue weighted by molar-refractivity contribution is 6.42. The largest absolute Gasteiger partial charge is 0.467 e. The number of rotatable bonds is 3. The third-order valence-corrected chi connectivity index (χ3v) is 5.78. The number of hydrogen-bond acceptors (Lipinski definition) is 4. The van der Waals surface area contributed by atoms with Crippen molar-refractivity contribution in [3.8, 4) is 0 Å². The SMILES string of the molecule is O=C1c2oc3ccccc3c(=O)c2[C@H](c2ccc(Cl)c(Cl)c2)N1Cc1ccco1. The topological polar surface area (TPSA) is 63.7 Å². The second-order valence-electron chi connectivity index (χ2n) is 6.76. The van der Waals surface area contributed by atoms with Gasteiger partial charge in [0.2, 0.25) is 5.76 Å². The number of carbonyl (C=O) groups excluding carboxylic acids is 1. The monoisotopic (exact) mass is 425 g/mol. The van der Waals surface area contributed by atoms with Gasteiger partial charge in [-0.3, -0.25) is 9.59 Å². The molecule has 1 atom stereocenters. The summed E-state index contributed by atoms with van der Waals surface area (Å²) in [6.45, 7) is 0.177. The van der Waals surface area contributed by atoms with Crippen molar-refractivity contribution in [3.05, 3.63) is 104 Å². The summed E-state index contributed by atoms with van der Waals surface area (Å²) in [4.78, 5) is 28.1. The number of hydrogen-bond donors (Lipinski definition) is 0. The fourth-order valence-electron chi connectivity index (χ4n) is 3.73. The van der Waals surface area contributed by atoms with Crippen molar-refractivity contribution in [2.24, 2.45) is 0 Å². The van der Waals surface area contributed by atoms with E-state index in [4.69, 9.17) is 32.0 Å². The lowest BCUT2D eigenvalue weighted by Crippen LogP contribution is -2.29. The minimum atomic E-state index is -0.668. The molecule has 7 heteroatoms. The number of amides is 1. The molecule has 3 heterocycles. The van der Waals surface area contributed by atoms with Crippen LogP contribution in [-0.2, 0) is 6.54 Å². The van der Waals surface area contributed by atoms with E-state index in [1.807, 2.05) is 0 Å². The summed E-state index contributed by atoms with van der Waals surface area (Å²) in [6, 6.07) is 14.8. The van der Waals surface area contributed by atoms with Gasteiger partial charge in [-0.2, -0.15) is 0 Å². The predicted octanol–water partition coefficient (Wildman–Crippen LogP) is 5.44. The number of para-hydroxylation sites is 1. The summed E-state index contributed by atoms with van der Waals surface area (Å²) in [6.07, 6.45) is 1.54. The Morgan fingerprint density at radius 1 is 0.966 bits per heavy atom. The molecule has 0 bridgehead atoms. The van der Waals surface area contributed by atoms with Gasteiger partial charge in [0.05, 0.1) is 39.8 Å². The van der Waals surface area contributed by atoms with Crippen molar-refractivity contribution in [2.45, 2.75) is 12.6 Å². The van der Waals surface area contributed by atoms with E-state index in [9.17, 15) is 9.59 Å². The molecular weight excluding hydrogens is 413 g/mol. The van der Waals surface area contributed by atoms with Crippen LogP contribution in [0.15, 0.2) is 74.5 Å². The molecule has 0 spiro atoms. The first-order valence-electron chi connectivity index (χ1n) is 8.88. The van der Waals surface area contributed by atoms with Crippen LogP contribution in [0.2, 0.25) is 10.0 Å². The molecule has 0 aliphatic carbocycles. The highest BCUT2D eigenvalue weighted by atomic mass is 35.5. The van der Waals surface area contributed by atoms with Crippen LogP contribution in [0, 0.1) is 0 Å². The Kier molecular flexibility index (Phi) is 4.23. The normalized spacial score (nSPS) is 15.9. The van der Waals surface area contributed by atoms with Crippen molar-refractivity contribution >= 4 is 40.1 Å². The van der Waals surface area contributed by atoms with Gasteiger partial charge in [0.1, 0.15) is 11.3 Å². The standard InChI is InChI=1S/C22H13Cl2NO4/c23-15-8-7-12(10-16(15)24)19-18-20(26)14-5-1-2-6-17(14)29-21(18)22(27)25(19)11-13-4-3-9-28-13/h1-10,19H,11H2/t19-/m0/s1. The van der Waals surface area contributed by atoms with Crippen LogP contribution in [-0.4, -0.2) is 10.8 Å². The van der Waals surface area contributed by atoms with E-state index in [1.165, 1.54) is 6.26 Å². The number of halogens is 2. The van der Waals surface area contributed by atoms with Gasteiger partial charge < -0.3 is 13.7 Å². The van der Waals surface area contributed by atoms with Gasteiger partial charge in [-0.25, -0.2) is 0 Å². The molecule has 1 aliphatic rings. The first-order valence-corrected chi connectivity index (χ1v) is 9.64. The molecule has 0 radical (unpaired) electrons. The summed E-state index contributed by atoms with van der Waals surface area (Å²) in [5.74, 6) is 0.250. The molecule has 2 aromatic heterocycles. The van der Waals surface area contributed by atoms with E-state index in [-0.39, 0.29) is 23.6 Å². The third-order valence-electron chi connectivity index (χ3n) is 5.04. The molecule has 5 nitrogen and oxygen atoms in total. The van der Waals surface area contributed by atoms with E-state index >= 15 is 0 Å². The van der Waals surface area contributed by atoms with Gasteiger partial charge >= 0.3 is 0 Å². The molecule has 0 fully saturated rings. The highest BCUT2D eigenvalue weighted by Crippen LogP contribution is 2.40. The Morgan fingerprint density at radius 2 is 1.79 bits per heavy atom. The number of furan rings is 1. The van der Waals surface area contributed by atoms with Crippen LogP contribution in [0.5, 0.6) is 0 Å². The molecule has 144 valence electrons. The van der Waals surface area contributed by atoms with E-state index in [1.54, 1.807) is 59.5 Å². The van der Waals surface area contributed by atoms with Crippen LogP contribution >= 0.6 is 23.2 Å². The molecule has 5 rings (SSSR count). The lowest BCUT2D eigenvalue weighted by Gasteiger charge is -2.24. The lowest BCUT2D eigenvalue weighted by molar-refractivity contribution is 0.0701. The molecule has 0 unspecified atom stereocenters. The quantitative estimate of drug-likeness (QED) is 0.438.